The molecule has 29 heavy (non-hydrogen) atoms. The van der Waals surface area contributed by atoms with E-state index in [4.69, 9.17) is 9.88 Å². The number of sulfonamides is 1. The van der Waals surface area contributed by atoms with Gasteiger partial charge in [-0.3, -0.25) is 4.99 Å². The molecular formula is C19H29IN4O3S2. The Labute approximate surface area is 194 Å². The highest BCUT2D eigenvalue weighted by Gasteiger charge is 2.12. The summed E-state index contributed by atoms with van der Waals surface area (Å²) in [5.41, 5.74) is 2.19. The monoisotopic (exact) mass is 552 g/mol. The number of thiophene rings is 1. The van der Waals surface area contributed by atoms with Crippen LogP contribution in [0.2, 0.25) is 0 Å². The predicted octanol–water partition coefficient (Wildman–Crippen LogP) is 3.36. The lowest BCUT2D eigenvalue weighted by Gasteiger charge is -2.18. The zero-order valence-electron chi connectivity index (χ0n) is 17.1. The molecule has 0 amide bonds. The van der Waals surface area contributed by atoms with E-state index in [2.05, 4.69) is 35.5 Å². The Kier molecular flexibility index (Phi) is 10.4. The summed E-state index contributed by atoms with van der Waals surface area (Å²) >= 11 is 1.14. The number of primary sulfonamides is 1. The van der Waals surface area contributed by atoms with Gasteiger partial charge in [0.1, 0.15) is 9.96 Å². The van der Waals surface area contributed by atoms with Crippen molar-refractivity contribution >= 4 is 51.3 Å². The SMILES string of the molecule is CCC(C)Oc1cc(C)ccc1CNC(=NC)NCc1ccc(S(N)(=O)=O)s1.I. The number of aryl methyl sites for hydroxylation is 1. The molecule has 0 fully saturated rings. The first-order valence-corrected chi connectivity index (χ1v) is 11.4. The largest absolute Gasteiger partial charge is 0.490 e. The highest BCUT2D eigenvalue weighted by molar-refractivity contribution is 14.0. The number of hydrogen-bond acceptors (Lipinski definition) is 5. The molecule has 0 saturated heterocycles. The van der Waals surface area contributed by atoms with Gasteiger partial charge in [-0.2, -0.15) is 0 Å². The average molecular weight is 553 g/mol. The van der Waals surface area contributed by atoms with Gasteiger partial charge in [-0.15, -0.1) is 35.3 Å². The molecule has 1 aromatic heterocycles. The molecule has 1 aromatic carbocycles. The second-order valence-corrected chi connectivity index (χ2v) is 9.45. The van der Waals surface area contributed by atoms with Gasteiger partial charge < -0.3 is 15.4 Å². The molecule has 0 aliphatic rings. The molecule has 7 nitrogen and oxygen atoms in total. The number of aliphatic imine (C=N–C) groups is 1. The second-order valence-electron chi connectivity index (χ2n) is 6.49. The molecule has 10 heteroatoms. The van der Waals surface area contributed by atoms with Crippen molar-refractivity contribution in [2.24, 2.45) is 10.1 Å². The summed E-state index contributed by atoms with van der Waals surface area (Å²) in [6, 6.07) is 9.39. The third kappa shape index (κ3) is 8.11. The van der Waals surface area contributed by atoms with Crippen LogP contribution >= 0.6 is 35.3 Å². The Hall–Kier alpha value is -1.37. The highest BCUT2D eigenvalue weighted by Crippen LogP contribution is 2.22. The van der Waals surface area contributed by atoms with Crippen LogP contribution < -0.4 is 20.5 Å². The topological polar surface area (TPSA) is 106 Å². The maximum Gasteiger partial charge on any atom is 0.247 e. The summed E-state index contributed by atoms with van der Waals surface area (Å²) in [6.07, 6.45) is 1.08. The summed E-state index contributed by atoms with van der Waals surface area (Å²) in [7, 11) is -1.98. The lowest BCUT2D eigenvalue weighted by atomic mass is 10.1. The minimum Gasteiger partial charge on any atom is -0.490 e. The van der Waals surface area contributed by atoms with Crippen LogP contribution in [0.25, 0.3) is 0 Å². The number of benzene rings is 1. The van der Waals surface area contributed by atoms with Crippen LogP contribution in [-0.2, 0) is 23.1 Å². The van der Waals surface area contributed by atoms with Crippen molar-refractivity contribution in [2.75, 3.05) is 7.05 Å². The van der Waals surface area contributed by atoms with Gasteiger partial charge >= 0.3 is 0 Å². The zero-order chi connectivity index (χ0) is 20.7. The van der Waals surface area contributed by atoms with E-state index < -0.39 is 10.0 Å². The van der Waals surface area contributed by atoms with E-state index in [1.807, 2.05) is 19.1 Å². The lowest BCUT2D eigenvalue weighted by molar-refractivity contribution is 0.215. The van der Waals surface area contributed by atoms with E-state index in [0.29, 0.717) is 19.0 Å². The molecule has 162 valence electrons. The standard InChI is InChI=1S/C19H28N4O3S2.HI/c1-5-14(3)26-17-10-13(2)6-7-15(17)11-22-19(21-4)23-12-16-8-9-18(27-16)28(20,24)25;/h6-10,14H,5,11-12H2,1-4H3,(H2,20,24,25)(H2,21,22,23);1H. The lowest BCUT2D eigenvalue weighted by Crippen LogP contribution is -2.36. The molecular weight excluding hydrogens is 523 g/mol. The molecule has 2 aromatic rings. The summed E-state index contributed by atoms with van der Waals surface area (Å²) in [4.78, 5) is 5.06. The molecule has 1 atom stereocenters. The fourth-order valence-corrected chi connectivity index (χ4v) is 4.11. The van der Waals surface area contributed by atoms with E-state index in [1.165, 1.54) is 6.07 Å². The molecule has 4 N–H and O–H groups in total. The Morgan fingerprint density at radius 3 is 2.52 bits per heavy atom. The van der Waals surface area contributed by atoms with Gasteiger partial charge in [0.25, 0.3) is 0 Å². The van der Waals surface area contributed by atoms with Crippen LogP contribution in [0.15, 0.2) is 39.5 Å². The Bertz CT molecular complexity index is 929. The maximum atomic E-state index is 11.4. The first-order chi connectivity index (χ1) is 13.2. The first-order valence-electron chi connectivity index (χ1n) is 9.05. The molecule has 0 aliphatic heterocycles. The molecule has 0 spiro atoms. The van der Waals surface area contributed by atoms with Crippen LogP contribution in [0.4, 0.5) is 0 Å². The summed E-state index contributed by atoms with van der Waals surface area (Å²) in [5.74, 6) is 1.48. The third-order valence-corrected chi connectivity index (χ3v) is 6.67. The number of nitrogens with zero attached hydrogens (tertiary/aromatic N) is 1. The van der Waals surface area contributed by atoms with Crippen molar-refractivity contribution in [3.8, 4) is 5.75 Å². The Balaban J connectivity index is 0.00000420. The number of halogens is 1. The minimum absolute atomic E-state index is 0. The quantitative estimate of drug-likeness (QED) is 0.265. The molecule has 0 bridgehead atoms. The van der Waals surface area contributed by atoms with E-state index in [0.717, 1.165) is 39.5 Å². The third-order valence-electron chi connectivity index (χ3n) is 4.14. The van der Waals surface area contributed by atoms with Crippen LogP contribution in [0, 0.1) is 6.92 Å². The van der Waals surface area contributed by atoms with Crippen LogP contribution in [0.1, 0.15) is 36.3 Å². The van der Waals surface area contributed by atoms with E-state index in [1.54, 1.807) is 13.1 Å². The fourth-order valence-electron chi connectivity index (χ4n) is 2.39. The Morgan fingerprint density at radius 2 is 1.93 bits per heavy atom. The number of ether oxygens (including phenoxy) is 1. The van der Waals surface area contributed by atoms with Gasteiger partial charge in [0.2, 0.25) is 10.0 Å². The van der Waals surface area contributed by atoms with Gasteiger partial charge in [0, 0.05) is 24.0 Å². The molecule has 0 aliphatic carbocycles. The highest BCUT2D eigenvalue weighted by atomic mass is 127. The minimum atomic E-state index is -3.66. The van der Waals surface area contributed by atoms with E-state index in [-0.39, 0.29) is 34.3 Å². The zero-order valence-corrected chi connectivity index (χ0v) is 21.0. The number of guanidine groups is 1. The number of hydrogen-bond donors (Lipinski definition) is 3. The van der Waals surface area contributed by atoms with Crippen molar-refractivity contribution in [3.05, 3.63) is 46.3 Å². The van der Waals surface area contributed by atoms with Gasteiger partial charge in [-0.1, -0.05) is 19.1 Å². The molecule has 0 saturated carbocycles. The van der Waals surface area contributed by atoms with Gasteiger partial charge in [0.15, 0.2) is 5.96 Å². The summed E-state index contributed by atoms with van der Waals surface area (Å²) < 4.78 is 28.9. The van der Waals surface area contributed by atoms with Crippen molar-refractivity contribution in [1.29, 1.82) is 0 Å². The molecule has 1 unspecified atom stereocenters. The van der Waals surface area contributed by atoms with Crippen molar-refractivity contribution < 1.29 is 13.2 Å². The predicted molar refractivity (Wildman–Crippen MR) is 130 cm³/mol. The summed E-state index contributed by atoms with van der Waals surface area (Å²) in [6.45, 7) is 7.19. The van der Waals surface area contributed by atoms with Crippen molar-refractivity contribution in [3.63, 3.8) is 0 Å². The number of nitrogens with one attached hydrogen (secondary N) is 2. The first kappa shape index (κ1) is 25.7. The van der Waals surface area contributed by atoms with E-state index in [9.17, 15) is 8.42 Å². The number of rotatable bonds is 8. The smallest absolute Gasteiger partial charge is 0.247 e. The second kappa shape index (κ2) is 11.7. The van der Waals surface area contributed by atoms with Crippen LogP contribution in [0.3, 0.4) is 0 Å². The van der Waals surface area contributed by atoms with Gasteiger partial charge in [-0.05, 0) is 44.0 Å². The van der Waals surface area contributed by atoms with Crippen LogP contribution in [-0.4, -0.2) is 27.5 Å². The summed E-state index contributed by atoms with van der Waals surface area (Å²) in [5, 5.41) is 11.6. The molecule has 1 heterocycles. The van der Waals surface area contributed by atoms with Gasteiger partial charge in [0.05, 0.1) is 12.6 Å². The average Bonchev–Trinajstić information content (AvgIpc) is 3.12. The van der Waals surface area contributed by atoms with E-state index >= 15 is 0 Å². The number of nitrogens with two attached hydrogens (primary N) is 1. The van der Waals surface area contributed by atoms with Gasteiger partial charge in [-0.25, -0.2) is 13.6 Å². The van der Waals surface area contributed by atoms with Crippen molar-refractivity contribution in [2.45, 2.75) is 50.6 Å². The molecule has 0 radical (unpaired) electrons. The fraction of sp³-hybridized carbons (Fsp3) is 0.421. The maximum absolute atomic E-state index is 11.4. The normalized spacial score (nSPS) is 12.8. The van der Waals surface area contributed by atoms with Crippen molar-refractivity contribution in [1.82, 2.24) is 10.6 Å². The Morgan fingerprint density at radius 1 is 1.24 bits per heavy atom. The molecule has 2 rings (SSSR count). The van der Waals surface area contributed by atoms with Crippen LogP contribution in [0.5, 0.6) is 5.75 Å².